The number of nitrogens with one attached hydrogen (secondary N) is 1. The number of hydrogen-bond acceptors (Lipinski definition) is 5. The fourth-order valence-electron chi connectivity index (χ4n) is 4.51. The van der Waals surface area contributed by atoms with Crippen LogP contribution in [-0.2, 0) is 11.3 Å². The molecule has 0 saturated carbocycles. The molecule has 224 valence electrons. The number of benzene rings is 2. The fourth-order valence-corrected chi connectivity index (χ4v) is 4.51. The van der Waals surface area contributed by atoms with Gasteiger partial charge in [0.2, 0.25) is 5.91 Å². The van der Waals surface area contributed by atoms with Crippen LogP contribution in [0.1, 0.15) is 28.3 Å². The first-order valence-corrected chi connectivity index (χ1v) is 12.2. The van der Waals surface area contributed by atoms with Crippen LogP contribution in [0.3, 0.4) is 0 Å². The van der Waals surface area contributed by atoms with Crippen molar-refractivity contribution in [2.45, 2.75) is 37.5 Å². The van der Waals surface area contributed by atoms with Gasteiger partial charge in [-0.3, -0.25) is 14.4 Å². The monoisotopic (exact) mass is 601 g/mol. The van der Waals surface area contributed by atoms with Crippen molar-refractivity contribution in [3.8, 4) is 11.5 Å². The van der Waals surface area contributed by atoms with E-state index in [1.165, 1.54) is 31.4 Å². The molecule has 15 heteroatoms. The van der Waals surface area contributed by atoms with Crippen molar-refractivity contribution in [1.82, 2.24) is 9.88 Å². The van der Waals surface area contributed by atoms with Crippen molar-refractivity contribution in [2.75, 3.05) is 18.6 Å². The summed E-state index contributed by atoms with van der Waals surface area (Å²) in [4.78, 5) is 40.6. The molecule has 1 unspecified atom stereocenters. The van der Waals surface area contributed by atoms with Gasteiger partial charge in [-0.2, -0.15) is 13.2 Å². The number of pyridine rings is 1. The Kier molecular flexibility index (Phi) is 8.50. The lowest BCUT2D eigenvalue weighted by Gasteiger charge is -2.19. The third-order valence-corrected chi connectivity index (χ3v) is 6.48. The first-order chi connectivity index (χ1) is 19.7. The molecule has 0 bridgehead atoms. The van der Waals surface area contributed by atoms with Crippen LogP contribution in [-0.4, -0.2) is 48.6 Å². The summed E-state index contributed by atoms with van der Waals surface area (Å²) in [6.07, 6.45) is -9.66. The third-order valence-electron chi connectivity index (χ3n) is 6.48. The first-order valence-electron chi connectivity index (χ1n) is 12.2. The number of amides is 2. The van der Waals surface area contributed by atoms with Crippen LogP contribution in [0.15, 0.2) is 65.6 Å². The predicted molar refractivity (Wildman–Crippen MR) is 134 cm³/mol. The summed E-state index contributed by atoms with van der Waals surface area (Å²) >= 11 is 0. The van der Waals surface area contributed by atoms with Gasteiger partial charge < -0.3 is 24.3 Å². The Hall–Kier alpha value is -4.56. The molecule has 2 atom stereocenters. The number of carbonyl (C=O) groups is 2. The van der Waals surface area contributed by atoms with Crippen molar-refractivity contribution in [1.29, 1.82) is 0 Å². The molecule has 0 spiro atoms. The molecule has 2 heterocycles. The SMILES string of the molecule is COc1ccc([C@@H]2CN(c3cccn(CCC(F)(F)F)c3=O)C(=O)C2NC(=O)c2ccc(OC(F)(F)F)cc2)c(F)c1. The van der Waals surface area contributed by atoms with Crippen molar-refractivity contribution >= 4 is 17.5 Å². The largest absolute Gasteiger partial charge is 0.573 e. The molecular weight excluding hydrogens is 579 g/mol. The molecule has 2 aromatic carbocycles. The Morgan fingerprint density at radius 3 is 2.26 bits per heavy atom. The highest BCUT2D eigenvalue weighted by Gasteiger charge is 2.45. The van der Waals surface area contributed by atoms with Crippen LogP contribution < -0.4 is 25.2 Å². The van der Waals surface area contributed by atoms with Gasteiger partial charge in [-0.05, 0) is 48.0 Å². The molecule has 3 aromatic rings. The number of methoxy groups -OCH3 is 1. The second-order valence-electron chi connectivity index (χ2n) is 9.22. The number of aryl methyl sites for hydroxylation is 1. The molecule has 2 amide bonds. The lowest BCUT2D eigenvalue weighted by molar-refractivity contribution is -0.274. The lowest BCUT2D eigenvalue weighted by atomic mass is 9.93. The number of rotatable bonds is 8. The summed E-state index contributed by atoms with van der Waals surface area (Å²) in [7, 11) is 1.31. The number of carbonyl (C=O) groups excluding carboxylic acids is 2. The second kappa shape index (κ2) is 11.7. The zero-order valence-corrected chi connectivity index (χ0v) is 21.6. The minimum Gasteiger partial charge on any atom is -0.497 e. The number of halogens is 7. The lowest BCUT2D eigenvalue weighted by Crippen LogP contribution is -2.44. The Balaban J connectivity index is 1.66. The predicted octanol–water partition coefficient (Wildman–Crippen LogP) is 4.78. The van der Waals surface area contributed by atoms with Crippen LogP contribution in [0.25, 0.3) is 0 Å². The summed E-state index contributed by atoms with van der Waals surface area (Å²) < 4.78 is 100. The van der Waals surface area contributed by atoms with Crippen LogP contribution >= 0.6 is 0 Å². The molecule has 1 saturated heterocycles. The highest BCUT2D eigenvalue weighted by atomic mass is 19.4. The van der Waals surface area contributed by atoms with Gasteiger partial charge in [0.15, 0.2) is 0 Å². The van der Waals surface area contributed by atoms with Crippen LogP contribution in [0.2, 0.25) is 0 Å². The maximum atomic E-state index is 15.1. The van der Waals surface area contributed by atoms with E-state index in [4.69, 9.17) is 4.74 Å². The number of hydrogen-bond donors (Lipinski definition) is 1. The molecule has 4 rings (SSSR count). The van der Waals surface area contributed by atoms with Crippen LogP contribution in [0, 0.1) is 5.82 Å². The Morgan fingerprint density at radius 1 is 1.00 bits per heavy atom. The Morgan fingerprint density at radius 2 is 1.67 bits per heavy atom. The Bertz CT molecular complexity index is 1520. The van der Waals surface area contributed by atoms with E-state index in [9.17, 15) is 40.7 Å². The highest BCUT2D eigenvalue weighted by Crippen LogP contribution is 2.34. The number of nitrogens with zero attached hydrogens (tertiary/aromatic N) is 2. The van der Waals surface area contributed by atoms with Crippen molar-refractivity contribution in [3.63, 3.8) is 0 Å². The van der Waals surface area contributed by atoms with Gasteiger partial charge in [0.25, 0.3) is 11.5 Å². The van der Waals surface area contributed by atoms with E-state index < -0.39 is 66.4 Å². The summed E-state index contributed by atoms with van der Waals surface area (Å²) in [5.74, 6) is -4.06. The van der Waals surface area contributed by atoms with Crippen LogP contribution in [0.5, 0.6) is 11.5 Å². The smallest absolute Gasteiger partial charge is 0.497 e. The quantitative estimate of drug-likeness (QED) is 0.376. The zero-order valence-electron chi connectivity index (χ0n) is 21.6. The van der Waals surface area contributed by atoms with E-state index in [0.29, 0.717) is 0 Å². The molecule has 0 radical (unpaired) electrons. The van der Waals surface area contributed by atoms with Crippen LogP contribution in [0.4, 0.5) is 36.4 Å². The van der Waals surface area contributed by atoms with Gasteiger partial charge in [0.1, 0.15) is 29.0 Å². The Labute approximate surface area is 233 Å². The molecular formula is C27H22F7N3O5. The van der Waals surface area contributed by atoms with E-state index >= 15 is 4.39 Å². The van der Waals surface area contributed by atoms with E-state index in [1.807, 2.05) is 0 Å². The van der Waals surface area contributed by atoms with Gasteiger partial charge in [-0.1, -0.05) is 6.07 Å². The second-order valence-corrected chi connectivity index (χ2v) is 9.22. The summed E-state index contributed by atoms with van der Waals surface area (Å²) in [5.41, 5.74) is -1.37. The third kappa shape index (κ3) is 7.01. The number of aromatic nitrogens is 1. The highest BCUT2D eigenvalue weighted by molar-refractivity contribution is 6.05. The average Bonchev–Trinajstić information content (AvgIpc) is 3.22. The van der Waals surface area contributed by atoms with Crippen molar-refractivity contribution in [2.24, 2.45) is 0 Å². The summed E-state index contributed by atoms with van der Waals surface area (Å²) in [6, 6.07) is 8.64. The summed E-state index contributed by atoms with van der Waals surface area (Å²) in [6.45, 7) is -1.03. The van der Waals surface area contributed by atoms with Gasteiger partial charge >= 0.3 is 12.5 Å². The van der Waals surface area contributed by atoms with Gasteiger partial charge in [0.05, 0.1) is 13.5 Å². The number of alkyl halides is 6. The summed E-state index contributed by atoms with van der Waals surface area (Å²) in [5, 5.41) is 2.45. The van der Waals surface area contributed by atoms with Crippen molar-refractivity contribution in [3.05, 3.63) is 88.1 Å². The zero-order chi connectivity index (χ0) is 30.8. The standard InChI is InChI=1S/C27H22F7N3O5/c1-41-17-8-9-18(20(28)13-17)19-14-37(21-3-2-11-36(24(21)39)12-10-26(29,30)31)25(40)22(19)35-23(38)15-4-6-16(7-5-15)42-27(32,33)34/h2-9,11,13,19,22H,10,12,14H2,1H3,(H,35,38)/t19-,22?/m0/s1. The molecule has 0 aliphatic carbocycles. The van der Waals surface area contributed by atoms with Gasteiger partial charge in [-0.25, -0.2) is 4.39 Å². The van der Waals surface area contributed by atoms with E-state index in [-0.39, 0.29) is 29.1 Å². The minimum atomic E-state index is -4.96. The maximum Gasteiger partial charge on any atom is 0.573 e. The molecule has 8 nitrogen and oxygen atoms in total. The minimum absolute atomic E-state index is 0.0285. The van der Waals surface area contributed by atoms with E-state index in [2.05, 4.69) is 10.1 Å². The number of anilines is 1. The maximum absolute atomic E-state index is 15.1. The molecule has 1 N–H and O–H groups in total. The van der Waals surface area contributed by atoms with E-state index in [0.717, 1.165) is 46.0 Å². The van der Waals surface area contributed by atoms with Crippen molar-refractivity contribution < 1.29 is 49.8 Å². The molecule has 42 heavy (non-hydrogen) atoms. The van der Waals surface area contributed by atoms with E-state index in [1.54, 1.807) is 0 Å². The first kappa shape index (κ1) is 30.4. The van der Waals surface area contributed by atoms with Gasteiger partial charge in [0, 0.05) is 36.8 Å². The average molecular weight is 601 g/mol. The molecule has 1 fully saturated rings. The fraction of sp³-hybridized carbons (Fsp3) is 0.296. The molecule has 1 aliphatic heterocycles. The normalized spacial score (nSPS) is 17.3. The number of ether oxygens (including phenoxy) is 2. The topological polar surface area (TPSA) is 89.9 Å². The molecule has 1 aromatic heterocycles. The molecule has 1 aliphatic rings. The van der Waals surface area contributed by atoms with Gasteiger partial charge in [-0.15, -0.1) is 13.2 Å².